The van der Waals surface area contributed by atoms with Crippen molar-refractivity contribution in [2.24, 2.45) is 5.92 Å². The zero-order chi connectivity index (χ0) is 28.5. The predicted molar refractivity (Wildman–Crippen MR) is 150 cm³/mol. The van der Waals surface area contributed by atoms with Crippen molar-refractivity contribution < 1.29 is 19.1 Å². The molecule has 1 amide bonds. The molecule has 9 nitrogen and oxygen atoms in total. The molecular formula is C31H33N5O4. The summed E-state index contributed by atoms with van der Waals surface area (Å²) in [6, 6.07) is 24.2. The van der Waals surface area contributed by atoms with Gasteiger partial charge in [0.05, 0.1) is 0 Å². The van der Waals surface area contributed by atoms with E-state index in [9.17, 15) is 14.4 Å². The van der Waals surface area contributed by atoms with E-state index in [2.05, 4.69) is 20.6 Å². The molecule has 0 aliphatic carbocycles. The number of Topliss-reactive ketones (excluding diaryl/α,β-unsaturated/α-hetero) is 1. The number of carbonyl (C=O) groups is 3. The van der Waals surface area contributed by atoms with Crippen molar-refractivity contribution in [2.75, 3.05) is 0 Å². The zero-order valence-corrected chi connectivity index (χ0v) is 22.9. The third-order valence-electron chi connectivity index (χ3n) is 6.59. The van der Waals surface area contributed by atoms with Crippen molar-refractivity contribution in [1.29, 1.82) is 0 Å². The van der Waals surface area contributed by atoms with Crippen LogP contribution in [0.1, 0.15) is 44.7 Å². The lowest BCUT2D eigenvalue weighted by Gasteiger charge is -2.33. The van der Waals surface area contributed by atoms with Crippen LogP contribution in [0.4, 0.5) is 0 Å². The van der Waals surface area contributed by atoms with Gasteiger partial charge in [-0.15, -0.1) is 5.10 Å². The topological polar surface area (TPSA) is 118 Å². The molecule has 0 bridgehead atoms. The summed E-state index contributed by atoms with van der Waals surface area (Å²) >= 11 is 0. The van der Waals surface area contributed by atoms with Gasteiger partial charge in [0.25, 0.3) is 0 Å². The number of aromatic nitrogens is 4. The lowest BCUT2D eigenvalue weighted by Crippen LogP contribution is -2.48. The average molecular weight is 540 g/mol. The van der Waals surface area contributed by atoms with Gasteiger partial charge in [-0.3, -0.25) is 4.79 Å². The molecule has 0 fully saturated rings. The van der Waals surface area contributed by atoms with Crippen molar-refractivity contribution in [1.82, 2.24) is 25.5 Å². The van der Waals surface area contributed by atoms with Crippen LogP contribution in [0.25, 0.3) is 22.5 Å². The van der Waals surface area contributed by atoms with E-state index in [1.807, 2.05) is 92.7 Å². The number of benzene rings is 3. The van der Waals surface area contributed by atoms with E-state index in [0.717, 1.165) is 27.8 Å². The molecular weight excluding hydrogens is 506 g/mol. The molecule has 1 N–H and O–H groups in total. The number of amides is 1. The Hall–Kier alpha value is -4.66. The summed E-state index contributed by atoms with van der Waals surface area (Å²) in [4.78, 5) is 39.9. The van der Waals surface area contributed by atoms with Crippen LogP contribution >= 0.6 is 0 Å². The summed E-state index contributed by atoms with van der Waals surface area (Å²) in [5.41, 5.74) is 4.48. The zero-order valence-electron chi connectivity index (χ0n) is 22.9. The molecule has 0 saturated carbocycles. The first-order valence-corrected chi connectivity index (χ1v) is 13.3. The third kappa shape index (κ3) is 7.25. The van der Waals surface area contributed by atoms with E-state index in [1.54, 1.807) is 4.90 Å². The number of hydrogen-bond acceptors (Lipinski definition) is 7. The average Bonchev–Trinajstić information content (AvgIpc) is 3.50. The Morgan fingerprint density at radius 2 is 1.52 bits per heavy atom. The largest absolute Gasteiger partial charge is 0.459 e. The van der Waals surface area contributed by atoms with Crippen LogP contribution in [0.3, 0.4) is 0 Å². The summed E-state index contributed by atoms with van der Waals surface area (Å²) < 4.78 is 5.65. The highest BCUT2D eigenvalue weighted by molar-refractivity contribution is 5.87. The molecule has 206 valence electrons. The summed E-state index contributed by atoms with van der Waals surface area (Å²) in [6.07, 6.45) is 0.145. The Kier molecular flexibility index (Phi) is 9.51. The van der Waals surface area contributed by atoms with Gasteiger partial charge >= 0.3 is 5.97 Å². The highest BCUT2D eigenvalue weighted by Gasteiger charge is 2.34. The number of tetrazole rings is 1. The highest BCUT2D eigenvalue weighted by Crippen LogP contribution is 2.30. The summed E-state index contributed by atoms with van der Waals surface area (Å²) in [6.45, 7) is 5.55. The normalized spacial score (nSPS) is 11.7. The van der Waals surface area contributed by atoms with E-state index in [-0.39, 0.29) is 43.6 Å². The molecule has 0 aliphatic heterocycles. The van der Waals surface area contributed by atoms with E-state index >= 15 is 0 Å². The van der Waals surface area contributed by atoms with Crippen LogP contribution in [0.5, 0.6) is 0 Å². The first kappa shape index (κ1) is 28.4. The fraction of sp³-hybridized carbons (Fsp3) is 0.290. The molecule has 0 spiro atoms. The van der Waals surface area contributed by atoms with E-state index < -0.39 is 12.0 Å². The molecule has 3 aromatic carbocycles. The van der Waals surface area contributed by atoms with Crippen LogP contribution < -0.4 is 0 Å². The second kappa shape index (κ2) is 13.4. The lowest BCUT2D eigenvalue weighted by molar-refractivity contribution is -0.159. The summed E-state index contributed by atoms with van der Waals surface area (Å²) in [7, 11) is 0. The minimum atomic E-state index is -0.803. The summed E-state index contributed by atoms with van der Waals surface area (Å²) in [5, 5.41) is 14.2. The highest BCUT2D eigenvalue weighted by atomic mass is 16.5. The molecule has 0 saturated heterocycles. The third-order valence-corrected chi connectivity index (χ3v) is 6.59. The molecule has 0 aliphatic rings. The standard InChI is InChI=1S/C31H33N5O4/c1-21(2)29(31(39)40-20-24-9-5-4-6-10-24)36(28(38)18-13-22(3)37)19-23-14-16-25(17-15-23)26-11-7-8-12-27(26)30-32-34-35-33-30/h4-12,14-17,21,29H,13,18-20H2,1-3H3,(H,32,33,34,35). The fourth-order valence-electron chi connectivity index (χ4n) is 4.54. The Morgan fingerprint density at radius 1 is 0.850 bits per heavy atom. The molecule has 1 heterocycles. The van der Waals surface area contributed by atoms with Crippen molar-refractivity contribution in [3.05, 3.63) is 90.0 Å². The van der Waals surface area contributed by atoms with Crippen LogP contribution in [-0.4, -0.2) is 49.2 Å². The Labute approximate surface area is 233 Å². The van der Waals surface area contributed by atoms with Gasteiger partial charge < -0.3 is 14.4 Å². The van der Waals surface area contributed by atoms with E-state index in [1.165, 1.54) is 6.92 Å². The van der Waals surface area contributed by atoms with Crippen LogP contribution in [0.2, 0.25) is 0 Å². The first-order chi connectivity index (χ1) is 19.3. The van der Waals surface area contributed by atoms with Crippen LogP contribution in [0.15, 0.2) is 78.9 Å². The van der Waals surface area contributed by atoms with Crippen LogP contribution in [-0.2, 0) is 32.3 Å². The number of esters is 1. The van der Waals surface area contributed by atoms with Gasteiger partial charge in [0, 0.05) is 24.9 Å². The monoisotopic (exact) mass is 539 g/mol. The molecule has 4 aromatic rings. The number of aromatic amines is 1. The first-order valence-electron chi connectivity index (χ1n) is 13.3. The van der Waals surface area contributed by atoms with Gasteiger partial charge in [-0.2, -0.15) is 0 Å². The van der Waals surface area contributed by atoms with Gasteiger partial charge in [-0.25, -0.2) is 9.89 Å². The van der Waals surface area contributed by atoms with Gasteiger partial charge in [0.15, 0.2) is 5.82 Å². The van der Waals surface area contributed by atoms with Crippen molar-refractivity contribution >= 4 is 17.7 Å². The smallest absolute Gasteiger partial charge is 0.329 e. The Morgan fingerprint density at radius 3 is 2.15 bits per heavy atom. The minimum absolute atomic E-state index is 0.0290. The Balaban J connectivity index is 1.57. The van der Waals surface area contributed by atoms with E-state index in [4.69, 9.17) is 4.74 Å². The number of nitrogens with one attached hydrogen (secondary N) is 1. The molecule has 40 heavy (non-hydrogen) atoms. The van der Waals surface area contributed by atoms with E-state index in [0.29, 0.717) is 5.82 Å². The number of ether oxygens (including phenoxy) is 1. The number of nitrogens with zero attached hydrogens (tertiary/aromatic N) is 4. The molecule has 1 unspecified atom stereocenters. The number of hydrogen-bond donors (Lipinski definition) is 1. The van der Waals surface area contributed by atoms with Gasteiger partial charge in [0.1, 0.15) is 18.4 Å². The maximum absolute atomic E-state index is 13.4. The van der Waals surface area contributed by atoms with Crippen molar-refractivity contribution in [3.8, 4) is 22.5 Å². The number of H-pyrrole nitrogens is 1. The maximum Gasteiger partial charge on any atom is 0.329 e. The lowest BCUT2D eigenvalue weighted by atomic mass is 9.97. The molecule has 9 heteroatoms. The number of carbonyl (C=O) groups excluding carboxylic acids is 3. The van der Waals surface area contributed by atoms with Gasteiger partial charge in [0.2, 0.25) is 5.91 Å². The molecule has 1 atom stereocenters. The maximum atomic E-state index is 13.4. The minimum Gasteiger partial charge on any atom is -0.459 e. The second-order valence-electron chi connectivity index (χ2n) is 10.00. The second-order valence-corrected chi connectivity index (χ2v) is 10.00. The Bertz CT molecular complexity index is 1420. The van der Waals surface area contributed by atoms with Crippen molar-refractivity contribution in [2.45, 2.75) is 52.8 Å². The SMILES string of the molecule is CC(=O)CCC(=O)N(Cc1ccc(-c2ccccc2-c2nnn[nH]2)cc1)C(C(=O)OCc1ccccc1)C(C)C. The van der Waals surface area contributed by atoms with Gasteiger partial charge in [-0.1, -0.05) is 92.7 Å². The fourth-order valence-corrected chi connectivity index (χ4v) is 4.54. The molecule has 0 radical (unpaired) electrons. The number of rotatable bonds is 12. The number of ketones is 1. The van der Waals surface area contributed by atoms with Gasteiger partial charge in [-0.05, 0) is 45.5 Å². The van der Waals surface area contributed by atoms with Crippen LogP contribution in [0, 0.1) is 5.92 Å². The molecule has 1 aromatic heterocycles. The summed E-state index contributed by atoms with van der Waals surface area (Å²) in [5.74, 6) is -0.452. The predicted octanol–water partition coefficient (Wildman–Crippen LogP) is 5.00. The molecule has 4 rings (SSSR count). The van der Waals surface area contributed by atoms with Crippen molar-refractivity contribution in [3.63, 3.8) is 0 Å². The quantitative estimate of drug-likeness (QED) is 0.252.